The molecule has 0 saturated heterocycles. The summed E-state index contributed by atoms with van der Waals surface area (Å²) in [6.45, 7) is 11.2. The van der Waals surface area contributed by atoms with Crippen molar-refractivity contribution in [3.63, 3.8) is 0 Å². The van der Waals surface area contributed by atoms with Crippen LogP contribution < -0.4 is 0 Å². The molecule has 6 rings (SSSR count). The third-order valence-corrected chi connectivity index (χ3v) is 7.71. The van der Waals surface area contributed by atoms with E-state index in [0.717, 1.165) is 22.5 Å². The number of aryl methyl sites for hydroxylation is 1. The molecule has 3 nitrogen and oxygen atoms in total. The first-order valence-electron chi connectivity index (χ1n) is 12.6. The van der Waals surface area contributed by atoms with Gasteiger partial charge in [0.25, 0.3) is 0 Å². The van der Waals surface area contributed by atoms with Crippen LogP contribution in [0.15, 0.2) is 97.5 Å². The first kappa shape index (κ1) is 27.6. The quantitative estimate of drug-likeness (QED) is 0.178. The van der Waals surface area contributed by atoms with E-state index in [9.17, 15) is 0 Å². The van der Waals surface area contributed by atoms with Crippen LogP contribution in [0.3, 0.4) is 0 Å². The molecule has 1 radical (unpaired) electrons. The molecule has 0 atom stereocenters. The molecule has 1 aliphatic rings. The van der Waals surface area contributed by atoms with E-state index in [1.165, 1.54) is 27.9 Å². The van der Waals surface area contributed by atoms with Crippen LogP contribution in [0, 0.1) is 19.1 Å². The van der Waals surface area contributed by atoms with Crippen molar-refractivity contribution >= 4 is 0 Å². The standard InChI is InChI=1S/C22H21N2.C12H10N.Ir/c1-21(2)18-11-10-15(19-9-5-6-12-23-19)14-17(18)16-8-7-13-24-20(16)22(21,3)4;1-10-7-8-12(13-9-10)11-5-3-2-4-6-11;/h5-9,11-14H,1-4H3;2-5,7-9H,1H3;/q2*-1;. The number of nitrogens with zero attached hydrogens (tertiary/aromatic N) is 3. The zero-order chi connectivity index (χ0) is 26.0. The molecule has 4 heteroatoms. The second-order valence-electron chi connectivity index (χ2n) is 10.5. The molecular weight excluding hydrogens is 643 g/mol. The molecule has 2 aromatic carbocycles. The van der Waals surface area contributed by atoms with Gasteiger partial charge in [0.15, 0.2) is 0 Å². The van der Waals surface area contributed by atoms with Gasteiger partial charge in [-0.3, -0.25) is 4.98 Å². The van der Waals surface area contributed by atoms with E-state index in [2.05, 4.69) is 74.1 Å². The first-order chi connectivity index (χ1) is 17.8. The van der Waals surface area contributed by atoms with Gasteiger partial charge in [0.2, 0.25) is 0 Å². The molecule has 0 spiro atoms. The Morgan fingerprint density at radius 1 is 0.658 bits per heavy atom. The zero-order valence-corrected chi connectivity index (χ0v) is 24.8. The van der Waals surface area contributed by atoms with Gasteiger partial charge in [-0.05, 0) is 47.0 Å². The van der Waals surface area contributed by atoms with Gasteiger partial charge < -0.3 is 9.97 Å². The summed E-state index contributed by atoms with van der Waals surface area (Å²) in [6.07, 6.45) is 5.59. The van der Waals surface area contributed by atoms with Crippen LogP contribution in [0.5, 0.6) is 0 Å². The SMILES string of the molecule is CC1(C)c2c[c-]c(-c3ccccn3)cc2-c2cccnc2C1(C)C.Cc1ccc(-c2[c-]cccc2)nc1.[Ir]. The number of hydrogen-bond donors (Lipinski definition) is 0. The molecule has 0 unspecified atom stereocenters. The predicted octanol–water partition coefficient (Wildman–Crippen LogP) is 8.03. The summed E-state index contributed by atoms with van der Waals surface area (Å²) >= 11 is 0. The van der Waals surface area contributed by atoms with Gasteiger partial charge >= 0.3 is 0 Å². The Morgan fingerprint density at radius 3 is 2.11 bits per heavy atom. The number of rotatable bonds is 2. The summed E-state index contributed by atoms with van der Waals surface area (Å²) in [5.74, 6) is 0. The smallest absolute Gasteiger partial charge is 0.0522 e. The van der Waals surface area contributed by atoms with Crippen molar-refractivity contribution in [1.82, 2.24) is 15.0 Å². The van der Waals surface area contributed by atoms with E-state index in [4.69, 9.17) is 4.98 Å². The molecule has 5 aromatic rings. The van der Waals surface area contributed by atoms with Gasteiger partial charge in [0.05, 0.1) is 5.69 Å². The van der Waals surface area contributed by atoms with Crippen LogP contribution >= 0.6 is 0 Å². The van der Waals surface area contributed by atoms with E-state index in [0.29, 0.717) is 0 Å². The van der Waals surface area contributed by atoms with Crippen LogP contribution in [0.25, 0.3) is 33.6 Å². The molecule has 0 amide bonds. The average molecular weight is 674 g/mol. The maximum Gasteiger partial charge on any atom is 0.0522 e. The topological polar surface area (TPSA) is 38.7 Å². The monoisotopic (exact) mass is 674 g/mol. The molecule has 3 aromatic heterocycles. The van der Waals surface area contributed by atoms with Gasteiger partial charge in [-0.1, -0.05) is 63.6 Å². The van der Waals surface area contributed by atoms with Gasteiger partial charge in [0, 0.05) is 44.1 Å². The van der Waals surface area contributed by atoms with Crippen molar-refractivity contribution < 1.29 is 20.1 Å². The number of pyridine rings is 3. The molecule has 38 heavy (non-hydrogen) atoms. The molecule has 0 N–H and O–H groups in total. The van der Waals surface area contributed by atoms with Crippen molar-refractivity contribution in [2.45, 2.75) is 45.4 Å². The van der Waals surface area contributed by atoms with E-state index < -0.39 is 0 Å². The van der Waals surface area contributed by atoms with Gasteiger partial charge in [-0.2, -0.15) is 0 Å². The third kappa shape index (κ3) is 5.12. The molecule has 1 aliphatic carbocycles. The maximum atomic E-state index is 4.74. The minimum Gasteiger partial charge on any atom is -0.305 e. The summed E-state index contributed by atoms with van der Waals surface area (Å²) < 4.78 is 0. The van der Waals surface area contributed by atoms with Gasteiger partial charge in [0.1, 0.15) is 0 Å². The number of hydrogen-bond acceptors (Lipinski definition) is 3. The first-order valence-corrected chi connectivity index (χ1v) is 12.6. The van der Waals surface area contributed by atoms with Gasteiger partial charge in [-0.25, -0.2) is 0 Å². The second-order valence-corrected chi connectivity index (χ2v) is 10.5. The summed E-state index contributed by atoms with van der Waals surface area (Å²) in [7, 11) is 0. The summed E-state index contributed by atoms with van der Waals surface area (Å²) in [4.78, 5) is 13.5. The van der Waals surface area contributed by atoms with E-state index in [1.807, 2.05) is 80.1 Å². The van der Waals surface area contributed by atoms with Crippen molar-refractivity contribution in [2.75, 3.05) is 0 Å². The fraction of sp³-hybridized carbons (Fsp3) is 0.206. The number of benzene rings is 2. The minimum absolute atomic E-state index is 0. The summed E-state index contributed by atoms with van der Waals surface area (Å²) in [5, 5.41) is 0. The van der Waals surface area contributed by atoms with Crippen LogP contribution in [0.2, 0.25) is 0 Å². The van der Waals surface area contributed by atoms with Crippen molar-refractivity contribution in [1.29, 1.82) is 0 Å². The summed E-state index contributed by atoms with van der Waals surface area (Å²) in [6, 6.07) is 33.1. The van der Waals surface area contributed by atoms with Crippen LogP contribution in [0.1, 0.15) is 44.5 Å². The average Bonchev–Trinajstić information content (AvgIpc) is 2.94. The Kier molecular flexibility index (Phi) is 8.06. The Balaban J connectivity index is 0.000000204. The van der Waals surface area contributed by atoms with E-state index in [1.54, 1.807) is 0 Å². The van der Waals surface area contributed by atoms with Crippen LogP contribution in [0.4, 0.5) is 0 Å². The fourth-order valence-electron chi connectivity index (χ4n) is 4.83. The minimum atomic E-state index is -0.0447. The van der Waals surface area contributed by atoms with Crippen LogP contribution in [-0.2, 0) is 30.9 Å². The normalized spacial score (nSPS) is 14.1. The second kappa shape index (κ2) is 11.1. The third-order valence-electron chi connectivity index (χ3n) is 7.71. The zero-order valence-electron chi connectivity index (χ0n) is 22.4. The van der Waals surface area contributed by atoms with Crippen molar-refractivity contribution in [2.24, 2.45) is 0 Å². The molecular formula is C34H31IrN3-2. The molecule has 0 bridgehead atoms. The van der Waals surface area contributed by atoms with Gasteiger partial charge in [-0.15, -0.1) is 65.2 Å². The van der Waals surface area contributed by atoms with E-state index in [-0.39, 0.29) is 30.9 Å². The molecule has 0 fully saturated rings. The Bertz CT molecular complexity index is 1510. The molecule has 3 heterocycles. The Morgan fingerprint density at radius 2 is 1.42 bits per heavy atom. The Labute approximate surface area is 239 Å². The maximum absolute atomic E-state index is 4.74. The van der Waals surface area contributed by atoms with Crippen molar-refractivity contribution in [3.05, 3.63) is 126 Å². The number of fused-ring (bicyclic) bond motifs is 3. The summed E-state index contributed by atoms with van der Waals surface area (Å²) in [5.41, 5.74) is 10.1. The fourth-order valence-corrected chi connectivity index (χ4v) is 4.83. The van der Waals surface area contributed by atoms with Crippen molar-refractivity contribution in [3.8, 4) is 33.6 Å². The van der Waals surface area contributed by atoms with E-state index >= 15 is 0 Å². The number of aromatic nitrogens is 3. The molecule has 193 valence electrons. The Hall–Kier alpha value is -3.46. The molecule has 0 saturated carbocycles. The largest absolute Gasteiger partial charge is 0.305 e. The predicted molar refractivity (Wildman–Crippen MR) is 151 cm³/mol. The van der Waals surface area contributed by atoms with Crippen LogP contribution in [-0.4, -0.2) is 15.0 Å². The molecule has 0 aliphatic heterocycles.